The summed E-state index contributed by atoms with van der Waals surface area (Å²) in [5.41, 5.74) is 3.15. The lowest BCUT2D eigenvalue weighted by atomic mass is 10.1. The number of nitrogens with one attached hydrogen (secondary N) is 2. The first-order valence-corrected chi connectivity index (χ1v) is 8.75. The first-order chi connectivity index (χ1) is 13.6. The van der Waals surface area contributed by atoms with Gasteiger partial charge in [-0.2, -0.15) is 0 Å². The molecule has 0 saturated heterocycles. The van der Waals surface area contributed by atoms with E-state index in [9.17, 15) is 4.79 Å². The molecular formula is C21H22N4O3. The number of anilines is 2. The van der Waals surface area contributed by atoms with Gasteiger partial charge in [0.2, 0.25) is 0 Å². The van der Waals surface area contributed by atoms with Gasteiger partial charge in [-0.1, -0.05) is 29.8 Å². The molecule has 28 heavy (non-hydrogen) atoms. The summed E-state index contributed by atoms with van der Waals surface area (Å²) in [6, 6.07) is 16.7. The second-order valence-corrected chi connectivity index (χ2v) is 6.17. The van der Waals surface area contributed by atoms with Crippen LogP contribution >= 0.6 is 0 Å². The Bertz CT molecular complexity index is 958. The van der Waals surface area contributed by atoms with Crippen molar-refractivity contribution in [1.82, 2.24) is 10.2 Å². The quantitative estimate of drug-likeness (QED) is 0.653. The summed E-state index contributed by atoms with van der Waals surface area (Å²) >= 11 is 0. The van der Waals surface area contributed by atoms with Gasteiger partial charge in [0.05, 0.1) is 14.2 Å². The highest BCUT2D eigenvalue weighted by Crippen LogP contribution is 2.29. The van der Waals surface area contributed by atoms with E-state index in [4.69, 9.17) is 9.47 Å². The van der Waals surface area contributed by atoms with Crippen LogP contribution in [0.25, 0.3) is 0 Å². The predicted octanol–water partition coefficient (Wildman–Crippen LogP) is 3.67. The van der Waals surface area contributed by atoms with Crippen molar-refractivity contribution in [2.45, 2.75) is 13.5 Å². The highest BCUT2D eigenvalue weighted by atomic mass is 16.5. The molecule has 2 N–H and O–H groups in total. The van der Waals surface area contributed by atoms with Crippen molar-refractivity contribution in [2.24, 2.45) is 0 Å². The minimum Gasteiger partial charge on any atom is -0.493 e. The molecule has 0 saturated carbocycles. The van der Waals surface area contributed by atoms with E-state index in [1.54, 1.807) is 37.4 Å². The van der Waals surface area contributed by atoms with Gasteiger partial charge in [0, 0.05) is 18.3 Å². The van der Waals surface area contributed by atoms with Crippen LogP contribution in [0.4, 0.5) is 11.5 Å². The van der Waals surface area contributed by atoms with E-state index in [0.717, 1.165) is 5.56 Å². The van der Waals surface area contributed by atoms with Gasteiger partial charge < -0.3 is 20.1 Å². The Kier molecular flexibility index (Phi) is 6.06. The molecule has 2 aromatic carbocycles. The molecule has 7 heteroatoms. The zero-order valence-electron chi connectivity index (χ0n) is 16.0. The number of benzene rings is 2. The number of carbonyl (C=O) groups excluding carboxylic acids is 1. The fourth-order valence-corrected chi connectivity index (χ4v) is 2.67. The van der Waals surface area contributed by atoms with Crippen molar-refractivity contribution in [1.29, 1.82) is 0 Å². The second-order valence-electron chi connectivity index (χ2n) is 6.17. The van der Waals surface area contributed by atoms with Crippen LogP contribution in [0.1, 0.15) is 21.6 Å². The Hall–Kier alpha value is -3.61. The molecule has 0 aliphatic carbocycles. The number of carbonyl (C=O) groups is 1. The van der Waals surface area contributed by atoms with Gasteiger partial charge in [0.25, 0.3) is 5.91 Å². The molecule has 0 spiro atoms. The third kappa shape index (κ3) is 4.76. The molecule has 1 amide bonds. The fraction of sp³-hybridized carbons (Fsp3) is 0.190. The Labute approximate surface area is 163 Å². The molecule has 0 atom stereocenters. The molecule has 0 radical (unpaired) electrons. The lowest BCUT2D eigenvalue weighted by Crippen LogP contribution is -2.15. The highest BCUT2D eigenvalue weighted by Gasteiger charge is 2.11. The number of hydrogen-bond donors (Lipinski definition) is 2. The molecule has 0 aliphatic heterocycles. The number of nitrogens with zero attached hydrogens (tertiary/aromatic N) is 2. The van der Waals surface area contributed by atoms with Gasteiger partial charge in [-0.15, -0.1) is 10.2 Å². The van der Waals surface area contributed by atoms with E-state index in [1.807, 2.05) is 12.1 Å². The molecule has 0 unspecified atom stereocenters. The van der Waals surface area contributed by atoms with Crippen LogP contribution in [0.3, 0.4) is 0 Å². The van der Waals surface area contributed by atoms with Crippen LogP contribution in [-0.2, 0) is 6.54 Å². The summed E-state index contributed by atoms with van der Waals surface area (Å²) in [6.07, 6.45) is 0. The molecule has 7 nitrogen and oxygen atoms in total. The van der Waals surface area contributed by atoms with Crippen LogP contribution in [0.5, 0.6) is 11.5 Å². The van der Waals surface area contributed by atoms with E-state index < -0.39 is 0 Å². The van der Waals surface area contributed by atoms with Crippen molar-refractivity contribution >= 4 is 17.4 Å². The molecule has 1 heterocycles. The summed E-state index contributed by atoms with van der Waals surface area (Å²) in [5, 5.41) is 14.0. The number of methoxy groups -OCH3 is 2. The molecule has 0 aliphatic rings. The van der Waals surface area contributed by atoms with Crippen LogP contribution in [0.2, 0.25) is 0 Å². The summed E-state index contributed by atoms with van der Waals surface area (Å²) in [5.74, 6) is 1.36. The number of ether oxygens (including phenoxy) is 2. The SMILES string of the molecule is COc1ccc(NC(=O)c2ccc(NCc3cccc(C)c3)nn2)cc1OC. The summed E-state index contributed by atoms with van der Waals surface area (Å²) in [4.78, 5) is 12.4. The van der Waals surface area contributed by atoms with Crippen molar-refractivity contribution < 1.29 is 14.3 Å². The summed E-state index contributed by atoms with van der Waals surface area (Å²) < 4.78 is 10.4. The van der Waals surface area contributed by atoms with Crippen molar-refractivity contribution in [2.75, 3.05) is 24.9 Å². The first-order valence-electron chi connectivity index (χ1n) is 8.75. The first kappa shape index (κ1) is 19.2. The van der Waals surface area contributed by atoms with Gasteiger partial charge in [0.15, 0.2) is 17.2 Å². The Morgan fingerprint density at radius 2 is 1.79 bits per heavy atom. The van der Waals surface area contributed by atoms with Gasteiger partial charge in [0.1, 0.15) is 5.82 Å². The van der Waals surface area contributed by atoms with Crippen molar-refractivity contribution in [3.8, 4) is 11.5 Å². The van der Waals surface area contributed by atoms with Gasteiger partial charge in [-0.25, -0.2) is 0 Å². The molecule has 3 rings (SSSR count). The third-order valence-electron chi connectivity index (χ3n) is 4.09. The smallest absolute Gasteiger partial charge is 0.276 e. The maximum absolute atomic E-state index is 12.4. The molecule has 144 valence electrons. The number of rotatable bonds is 7. The Balaban J connectivity index is 1.62. The average Bonchev–Trinajstić information content (AvgIpc) is 2.72. The van der Waals surface area contributed by atoms with Gasteiger partial charge in [-0.3, -0.25) is 4.79 Å². The van der Waals surface area contributed by atoms with Crippen molar-refractivity contribution in [3.63, 3.8) is 0 Å². The van der Waals surface area contributed by atoms with Crippen LogP contribution in [-0.4, -0.2) is 30.3 Å². The zero-order chi connectivity index (χ0) is 19.9. The van der Waals surface area contributed by atoms with Crippen LogP contribution in [0, 0.1) is 6.92 Å². The van der Waals surface area contributed by atoms with E-state index in [0.29, 0.717) is 29.5 Å². The minimum absolute atomic E-state index is 0.218. The Morgan fingerprint density at radius 3 is 2.46 bits per heavy atom. The third-order valence-corrected chi connectivity index (χ3v) is 4.09. The monoisotopic (exact) mass is 378 g/mol. The minimum atomic E-state index is -0.357. The van der Waals surface area contributed by atoms with Crippen LogP contribution < -0.4 is 20.1 Å². The van der Waals surface area contributed by atoms with E-state index >= 15 is 0 Å². The van der Waals surface area contributed by atoms with E-state index in [-0.39, 0.29) is 11.6 Å². The maximum Gasteiger partial charge on any atom is 0.276 e. The normalized spacial score (nSPS) is 10.2. The summed E-state index contributed by atoms with van der Waals surface area (Å²) in [6.45, 7) is 2.68. The standard InChI is InChI=1S/C21H22N4O3/c1-14-5-4-6-15(11-14)13-22-20-10-8-17(24-25-20)21(26)23-16-7-9-18(27-2)19(12-16)28-3/h4-12H,13H2,1-3H3,(H,22,25)(H,23,26). The van der Waals surface area contributed by atoms with Gasteiger partial charge in [-0.05, 0) is 36.8 Å². The second kappa shape index (κ2) is 8.85. The van der Waals surface area contributed by atoms with Crippen LogP contribution in [0.15, 0.2) is 54.6 Å². The fourth-order valence-electron chi connectivity index (χ4n) is 2.67. The van der Waals surface area contributed by atoms with Gasteiger partial charge >= 0.3 is 0 Å². The zero-order valence-corrected chi connectivity index (χ0v) is 16.0. The lowest BCUT2D eigenvalue weighted by molar-refractivity contribution is 0.102. The number of aromatic nitrogens is 2. The molecule has 3 aromatic rings. The number of hydrogen-bond acceptors (Lipinski definition) is 6. The summed E-state index contributed by atoms with van der Waals surface area (Å²) in [7, 11) is 3.09. The number of aryl methyl sites for hydroxylation is 1. The van der Waals surface area contributed by atoms with E-state index in [2.05, 4.69) is 39.9 Å². The maximum atomic E-state index is 12.4. The molecule has 0 fully saturated rings. The lowest BCUT2D eigenvalue weighted by Gasteiger charge is -2.10. The average molecular weight is 378 g/mol. The van der Waals surface area contributed by atoms with Crippen molar-refractivity contribution in [3.05, 3.63) is 71.4 Å². The number of amides is 1. The predicted molar refractivity (Wildman–Crippen MR) is 108 cm³/mol. The highest BCUT2D eigenvalue weighted by molar-refractivity contribution is 6.02. The van der Waals surface area contributed by atoms with E-state index in [1.165, 1.54) is 12.7 Å². The Morgan fingerprint density at radius 1 is 0.964 bits per heavy atom. The molecular weight excluding hydrogens is 356 g/mol. The molecule has 0 bridgehead atoms. The molecule has 1 aromatic heterocycles. The largest absolute Gasteiger partial charge is 0.493 e. The topological polar surface area (TPSA) is 85.4 Å².